The quantitative estimate of drug-likeness (QED) is 0.348. The summed E-state index contributed by atoms with van der Waals surface area (Å²) in [6, 6.07) is 0. The number of rotatable bonds is 2. The summed E-state index contributed by atoms with van der Waals surface area (Å²) in [5.41, 5.74) is 0. The van der Waals surface area contributed by atoms with Crippen LogP contribution < -0.4 is 49.1 Å². The summed E-state index contributed by atoms with van der Waals surface area (Å²) < 4.78 is 21.2. The zero-order valence-corrected chi connectivity index (χ0v) is 10.5. The van der Waals surface area contributed by atoms with E-state index in [1.165, 1.54) is 0 Å². The van der Waals surface area contributed by atoms with Crippen LogP contribution in [-0.4, -0.2) is 0 Å². The van der Waals surface area contributed by atoms with Gasteiger partial charge in [-0.1, -0.05) is 0 Å². The van der Waals surface area contributed by atoms with E-state index in [9.17, 15) is 28.7 Å². The Labute approximate surface area is 123 Å². The van der Waals surface area contributed by atoms with E-state index in [0.717, 1.165) is 0 Å². The fourth-order valence-electron chi connectivity index (χ4n) is 0.122. The zero-order valence-electron chi connectivity index (χ0n) is 5.02. The SMILES string of the molecule is O=P([O-])([O-])OP(=O)([O-])[O-].[Na+].[Yb+3]. The van der Waals surface area contributed by atoms with Gasteiger partial charge in [-0.3, -0.25) is 0 Å². The third-order valence-corrected chi connectivity index (χ3v) is 1.80. The average Bonchev–Trinajstić information content (AvgIpc) is 1.14. The third-order valence-electron chi connectivity index (χ3n) is 0.200. The molecule has 0 aliphatic heterocycles. The number of phosphoric acid groups is 2. The van der Waals surface area contributed by atoms with E-state index in [1.807, 2.05) is 0 Å². The second-order valence-corrected chi connectivity index (χ2v) is 3.42. The number of hydrogen-bond donors (Lipinski definition) is 0. The second-order valence-electron chi connectivity index (χ2n) is 0.976. The molecule has 0 rings (SSSR count). The molecule has 0 aliphatic carbocycles. The van der Waals surface area contributed by atoms with Crippen molar-refractivity contribution in [3.8, 4) is 0 Å². The molecule has 0 unspecified atom stereocenters. The Kier molecular flexibility index (Phi) is 12.5. The van der Waals surface area contributed by atoms with Gasteiger partial charge in [-0.15, -0.1) is 0 Å². The van der Waals surface area contributed by atoms with Crippen LogP contribution in [0.25, 0.3) is 0 Å². The van der Waals surface area contributed by atoms with Gasteiger partial charge in [-0.05, 0) is 0 Å². The Balaban J connectivity index is -0.000000320. The van der Waals surface area contributed by atoms with E-state index < -0.39 is 15.6 Å². The Hall–Kier alpha value is 2.78. The van der Waals surface area contributed by atoms with Crippen molar-refractivity contribution in [2.24, 2.45) is 0 Å². The molecule has 0 amide bonds. The summed E-state index contributed by atoms with van der Waals surface area (Å²) in [5.74, 6) is 0. The van der Waals surface area contributed by atoms with E-state index in [1.54, 1.807) is 0 Å². The molecule has 0 saturated carbocycles. The monoisotopic (exact) mass is 371 g/mol. The molecule has 1 radical (unpaired) electrons. The molecule has 0 aromatic heterocycles. The van der Waals surface area contributed by atoms with Crippen LogP contribution >= 0.6 is 15.6 Å². The second kappa shape index (κ2) is 7.12. The maximum Gasteiger partial charge on any atom is 3.00 e. The smallest absolute Gasteiger partial charge is 0.790 e. The molecule has 7 nitrogen and oxygen atoms in total. The Morgan fingerprint density at radius 3 is 1.09 bits per heavy atom. The summed E-state index contributed by atoms with van der Waals surface area (Å²) in [5, 5.41) is 0. The van der Waals surface area contributed by atoms with Crippen molar-refractivity contribution in [3.05, 3.63) is 0 Å². The summed E-state index contributed by atoms with van der Waals surface area (Å²) >= 11 is 0. The van der Waals surface area contributed by atoms with E-state index in [0.29, 0.717) is 0 Å². The molecule has 0 bridgehead atoms. The fraction of sp³-hybridized carbons (Fsp3) is 0. The molecular weight excluding hydrogens is 370 g/mol. The topological polar surface area (TPSA) is 136 Å². The molecule has 0 aliphatic rings. The van der Waals surface area contributed by atoms with Crippen molar-refractivity contribution < 1.29 is 109 Å². The van der Waals surface area contributed by atoms with Gasteiger partial charge in [0, 0.05) is 0 Å². The molecular formula is NaO7P2Yb. The van der Waals surface area contributed by atoms with E-state index in [4.69, 9.17) is 0 Å². The van der Waals surface area contributed by atoms with Crippen LogP contribution in [0.15, 0.2) is 0 Å². The summed E-state index contributed by atoms with van der Waals surface area (Å²) in [4.78, 5) is 37.3. The minimum Gasteiger partial charge on any atom is -0.790 e. The fourth-order valence-corrected chi connectivity index (χ4v) is 1.10. The van der Waals surface area contributed by atoms with Crippen molar-refractivity contribution in [3.63, 3.8) is 0 Å². The van der Waals surface area contributed by atoms with Gasteiger partial charge >= 0.3 is 76.5 Å². The van der Waals surface area contributed by atoms with Gasteiger partial charge in [0.15, 0.2) is 0 Å². The first-order valence-electron chi connectivity index (χ1n) is 1.46. The molecule has 11 heteroatoms. The van der Waals surface area contributed by atoms with Crippen LogP contribution in [0.2, 0.25) is 0 Å². The molecule has 0 heterocycles. The minimum absolute atomic E-state index is 0. The minimum atomic E-state index is -5.68. The summed E-state index contributed by atoms with van der Waals surface area (Å²) in [7, 11) is -11.4. The first-order chi connectivity index (χ1) is 3.71. The third kappa shape index (κ3) is 19.3. The van der Waals surface area contributed by atoms with Crippen molar-refractivity contribution in [1.29, 1.82) is 0 Å². The molecule has 0 spiro atoms. The largest absolute Gasteiger partial charge is 3.00 e. The Morgan fingerprint density at radius 1 is 0.909 bits per heavy atom. The standard InChI is InChI=1S/Na.H4O7P2.Yb/c;1-8(2,3)7-9(4,5)6;/h;(H2,1,2,3)(H2,4,5,6);/q+1;;+3/p-4. The van der Waals surface area contributed by atoms with Crippen molar-refractivity contribution in [2.75, 3.05) is 0 Å². The molecule has 0 aromatic carbocycles. The van der Waals surface area contributed by atoms with Crippen molar-refractivity contribution >= 4 is 15.6 Å². The van der Waals surface area contributed by atoms with Crippen LogP contribution in [0.4, 0.5) is 0 Å². The van der Waals surface area contributed by atoms with Gasteiger partial charge in [0.05, 0.1) is 15.6 Å². The van der Waals surface area contributed by atoms with Crippen LogP contribution in [0.5, 0.6) is 0 Å². The van der Waals surface area contributed by atoms with Crippen molar-refractivity contribution in [1.82, 2.24) is 0 Å². The maximum atomic E-state index is 9.32. The normalized spacial score (nSPS) is 11.3. The van der Waals surface area contributed by atoms with Gasteiger partial charge in [0.25, 0.3) is 0 Å². The average molecular weight is 370 g/mol. The number of hydrogen-bond acceptors (Lipinski definition) is 7. The predicted octanol–water partition coefficient (Wildman–Crippen LogP) is -6.34. The first kappa shape index (κ1) is 19.4. The molecule has 11 heavy (non-hydrogen) atoms. The zero-order chi connectivity index (χ0) is 7.71. The van der Waals surface area contributed by atoms with E-state index >= 15 is 0 Å². The van der Waals surface area contributed by atoms with Gasteiger partial charge in [-0.2, -0.15) is 0 Å². The van der Waals surface area contributed by atoms with Crippen LogP contribution in [0.3, 0.4) is 0 Å². The Bertz CT molecular complexity index is 157. The van der Waals surface area contributed by atoms with Gasteiger partial charge < -0.3 is 33.0 Å². The van der Waals surface area contributed by atoms with E-state index in [-0.39, 0.29) is 76.5 Å². The van der Waals surface area contributed by atoms with Crippen LogP contribution in [0.1, 0.15) is 0 Å². The maximum absolute atomic E-state index is 9.32. The molecule has 67 valence electrons. The molecule has 0 aromatic rings. The predicted molar refractivity (Wildman–Crippen MR) is 16.3 cm³/mol. The summed E-state index contributed by atoms with van der Waals surface area (Å²) in [6.45, 7) is 0. The van der Waals surface area contributed by atoms with Crippen molar-refractivity contribution in [2.45, 2.75) is 0 Å². The van der Waals surface area contributed by atoms with Gasteiger partial charge in [0.2, 0.25) is 0 Å². The van der Waals surface area contributed by atoms with Gasteiger partial charge in [0.1, 0.15) is 0 Å². The molecule has 0 fully saturated rings. The van der Waals surface area contributed by atoms with Gasteiger partial charge in [-0.25, -0.2) is 0 Å². The Morgan fingerprint density at radius 2 is 1.09 bits per heavy atom. The van der Waals surface area contributed by atoms with Crippen LogP contribution in [-0.2, 0) is 13.4 Å². The molecule has 0 N–H and O–H groups in total. The first-order valence-corrected chi connectivity index (χ1v) is 4.38. The molecule has 0 atom stereocenters. The van der Waals surface area contributed by atoms with E-state index in [2.05, 4.69) is 4.31 Å². The summed E-state index contributed by atoms with van der Waals surface area (Å²) in [6.07, 6.45) is 0. The van der Waals surface area contributed by atoms with Crippen LogP contribution in [0, 0.1) is 46.9 Å². The molecule has 0 saturated heterocycles.